The number of aliphatic hydroxyl groups excluding tert-OH is 1. The van der Waals surface area contributed by atoms with E-state index in [2.05, 4.69) is 29.5 Å². The lowest BCUT2D eigenvalue weighted by Crippen LogP contribution is -2.25. The summed E-state index contributed by atoms with van der Waals surface area (Å²) in [5, 5.41) is 9.72. The zero-order valence-electron chi connectivity index (χ0n) is 9.22. The number of rotatable bonds is 6. The van der Waals surface area contributed by atoms with E-state index in [-0.39, 0.29) is 11.3 Å². The van der Waals surface area contributed by atoms with Gasteiger partial charge in [0.1, 0.15) is 6.10 Å². The van der Waals surface area contributed by atoms with Crippen molar-refractivity contribution < 1.29 is 14.6 Å². The van der Waals surface area contributed by atoms with Gasteiger partial charge < -0.3 is 9.84 Å². The minimum absolute atomic E-state index is 0.0897. The Labute approximate surface area is 95.0 Å². The van der Waals surface area contributed by atoms with E-state index in [1.807, 2.05) is 0 Å². The average Bonchev–Trinajstić information content (AvgIpc) is 2.32. The third-order valence-corrected chi connectivity index (χ3v) is 1.71. The van der Waals surface area contributed by atoms with Gasteiger partial charge in [-0.25, -0.2) is 4.79 Å². The van der Waals surface area contributed by atoms with Gasteiger partial charge in [-0.15, -0.1) is 0 Å². The molecule has 0 heterocycles. The molecule has 0 amide bonds. The Hall–Kier alpha value is -1.94. The second-order valence-corrected chi connectivity index (χ2v) is 2.75. The number of aliphatic hydroxyl groups is 1. The molecule has 0 spiro atoms. The van der Waals surface area contributed by atoms with Crippen LogP contribution in [0.25, 0.3) is 0 Å². The highest BCUT2D eigenvalue weighted by molar-refractivity contribution is 6.06. The van der Waals surface area contributed by atoms with Gasteiger partial charge in [-0.3, -0.25) is 4.99 Å². The molecular weight excluding hydrogens is 206 g/mol. The third kappa shape index (κ3) is 4.06. The maximum atomic E-state index is 11.1. The highest BCUT2D eigenvalue weighted by atomic mass is 16.5. The number of esters is 1. The van der Waals surface area contributed by atoms with E-state index in [9.17, 15) is 9.90 Å². The second-order valence-electron chi connectivity index (χ2n) is 2.75. The molecule has 1 atom stereocenters. The number of aliphatic imine (C=N–C) groups is 1. The first-order valence-corrected chi connectivity index (χ1v) is 4.51. The van der Waals surface area contributed by atoms with E-state index in [1.54, 1.807) is 6.08 Å². The van der Waals surface area contributed by atoms with Crippen molar-refractivity contribution in [3.05, 3.63) is 49.7 Å². The summed E-state index contributed by atoms with van der Waals surface area (Å²) in [6, 6.07) is 0. The summed E-state index contributed by atoms with van der Waals surface area (Å²) in [6.45, 7) is 10.4. The predicted octanol–water partition coefficient (Wildman–Crippen LogP) is 1.40. The molecule has 0 aromatic rings. The van der Waals surface area contributed by atoms with Gasteiger partial charge in [0, 0.05) is 6.20 Å². The molecule has 1 N–H and O–H groups in total. The molecule has 86 valence electrons. The molecule has 4 heteroatoms. The van der Waals surface area contributed by atoms with E-state index in [1.165, 1.54) is 25.5 Å². The minimum Gasteiger partial charge on any atom is -0.466 e. The monoisotopic (exact) mass is 221 g/mol. The van der Waals surface area contributed by atoms with E-state index >= 15 is 0 Å². The van der Waals surface area contributed by atoms with Crippen LogP contribution in [0.5, 0.6) is 0 Å². The van der Waals surface area contributed by atoms with Crippen molar-refractivity contribution in [2.45, 2.75) is 6.10 Å². The SMILES string of the molecule is C=C/C=C\N=C(C=C)C(O)C(=C)C(=O)OC. The van der Waals surface area contributed by atoms with Crippen LogP contribution in [0.3, 0.4) is 0 Å². The summed E-state index contributed by atoms with van der Waals surface area (Å²) in [5.74, 6) is -0.685. The predicted molar refractivity (Wildman–Crippen MR) is 64.1 cm³/mol. The second kappa shape index (κ2) is 7.36. The molecule has 1 unspecified atom stereocenters. The van der Waals surface area contributed by atoms with Crippen LogP contribution in [0.2, 0.25) is 0 Å². The smallest absolute Gasteiger partial charge is 0.336 e. The van der Waals surface area contributed by atoms with Crippen molar-refractivity contribution in [3.8, 4) is 0 Å². The van der Waals surface area contributed by atoms with Gasteiger partial charge in [0.2, 0.25) is 0 Å². The normalized spacial score (nSPS) is 13.2. The minimum atomic E-state index is -1.22. The van der Waals surface area contributed by atoms with E-state index in [0.717, 1.165) is 0 Å². The lowest BCUT2D eigenvalue weighted by atomic mass is 10.1. The van der Waals surface area contributed by atoms with Crippen molar-refractivity contribution in [1.29, 1.82) is 0 Å². The van der Waals surface area contributed by atoms with Gasteiger partial charge in [-0.2, -0.15) is 0 Å². The first-order valence-electron chi connectivity index (χ1n) is 4.51. The van der Waals surface area contributed by atoms with Crippen LogP contribution < -0.4 is 0 Å². The fraction of sp³-hybridized carbons (Fsp3) is 0.167. The quantitative estimate of drug-likeness (QED) is 0.319. The highest BCUT2D eigenvalue weighted by Crippen LogP contribution is 2.05. The number of hydrogen-bond donors (Lipinski definition) is 1. The number of carbonyl (C=O) groups is 1. The van der Waals surface area contributed by atoms with Crippen molar-refractivity contribution >= 4 is 11.7 Å². The third-order valence-electron chi connectivity index (χ3n) is 1.71. The summed E-state index contributed by atoms with van der Waals surface area (Å²) in [7, 11) is 1.21. The van der Waals surface area contributed by atoms with Crippen LogP contribution in [-0.2, 0) is 9.53 Å². The van der Waals surface area contributed by atoms with E-state index in [0.29, 0.717) is 0 Å². The van der Waals surface area contributed by atoms with Crippen LogP contribution >= 0.6 is 0 Å². The Morgan fingerprint density at radius 2 is 2.12 bits per heavy atom. The molecule has 0 aromatic carbocycles. The summed E-state index contributed by atoms with van der Waals surface area (Å²) in [6.07, 6.45) is 4.66. The van der Waals surface area contributed by atoms with Crippen molar-refractivity contribution in [2.24, 2.45) is 4.99 Å². The first kappa shape index (κ1) is 14.1. The fourth-order valence-corrected chi connectivity index (χ4v) is 0.846. The zero-order valence-corrected chi connectivity index (χ0v) is 9.22. The summed E-state index contributed by atoms with van der Waals surface area (Å²) < 4.78 is 4.43. The highest BCUT2D eigenvalue weighted by Gasteiger charge is 2.20. The van der Waals surface area contributed by atoms with Crippen LogP contribution in [0.4, 0.5) is 0 Å². The molecule has 0 fully saturated rings. The lowest BCUT2D eigenvalue weighted by Gasteiger charge is -2.11. The zero-order chi connectivity index (χ0) is 12.6. The van der Waals surface area contributed by atoms with Crippen LogP contribution in [0.15, 0.2) is 54.7 Å². The molecule has 16 heavy (non-hydrogen) atoms. The standard InChI is InChI=1S/C12H15NO3/c1-5-7-8-13-10(6-2)11(14)9(3)12(15)16-4/h5-8,11,14H,1-3H2,4H3/b8-7-,13-10?. The van der Waals surface area contributed by atoms with Gasteiger partial charge in [0.15, 0.2) is 0 Å². The molecular formula is C12H15NO3. The molecule has 0 aliphatic rings. The molecule has 0 aliphatic heterocycles. The summed E-state index contributed by atoms with van der Waals surface area (Å²) in [4.78, 5) is 15.0. The summed E-state index contributed by atoms with van der Waals surface area (Å²) >= 11 is 0. The number of ether oxygens (including phenoxy) is 1. The van der Waals surface area contributed by atoms with Gasteiger partial charge in [-0.05, 0) is 12.2 Å². The van der Waals surface area contributed by atoms with E-state index in [4.69, 9.17) is 0 Å². The molecule has 0 saturated carbocycles. The molecule has 0 aromatic heterocycles. The molecule has 0 aliphatic carbocycles. The van der Waals surface area contributed by atoms with E-state index < -0.39 is 12.1 Å². The Morgan fingerprint density at radius 1 is 1.50 bits per heavy atom. The first-order chi connectivity index (χ1) is 7.58. The Bertz CT molecular complexity index is 353. The average molecular weight is 221 g/mol. The number of nitrogens with zero attached hydrogens (tertiary/aromatic N) is 1. The topological polar surface area (TPSA) is 58.9 Å². The van der Waals surface area contributed by atoms with Gasteiger partial charge in [0.05, 0.1) is 18.4 Å². The number of carbonyl (C=O) groups excluding carboxylic acids is 1. The van der Waals surface area contributed by atoms with Crippen LogP contribution in [0.1, 0.15) is 0 Å². The number of methoxy groups -OCH3 is 1. The van der Waals surface area contributed by atoms with Crippen molar-refractivity contribution in [2.75, 3.05) is 7.11 Å². The summed E-state index contributed by atoms with van der Waals surface area (Å²) in [5.41, 5.74) is 0.127. The van der Waals surface area contributed by atoms with Crippen molar-refractivity contribution in [3.63, 3.8) is 0 Å². The maximum absolute atomic E-state index is 11.1. The van der Waals surface area contributed by atoms with Gasteiger partial charge in [-0.1, -0.05) is 25.8 Å². The van der Waals surface area contributed by atoms with Gasteiger partial charge in [0.25, 0.3) is 0 Å². The van der Waals surface area contributed by atoms with Gasteiger partial charge >= 0.3 is 5.97 Å². The largest absolute Gasteiger partial charge is 0.466 e. The Balaban J connectivity index is 4.84. The van der Waals surface area contributed by atoms with Crippen LogP contribution in [0, 0.1) is 0 Å². The fourth-order valence-electron chi connectivity index (χ4n) is 0.846. The lowest BCUT2D eigenvalue weighted by molar-refractivity contribution is -0.136. The molecule has 0 radical (unpaired) electrons. The van der Waals surface area contributed by atoms with Crippen LogP contribution in [-0.4, -0.2) is 30.0 Å². The number of allylic oxidation sites excluding steroid dienone is 2. The Morgan fingerprint density at radius 3 is 2.56 bits per heavy atom. The molecule has 4 nitrogen and oxygen atoms in total. The molecule has 0 saturated heterocycles. The molecule has 0 rings (SSSR count). The number of hydrogen-bond acceptors (Lipinski definition) is 4. The van der Waals surface area contributed by atoms with Crippen molar-refractivity contribution in [1.82, 2.24) is 0 Å². The maximum Gasteiger partial charge on any atom is 0.336 e. The Kier molecular flexibility index (Phi) is 6.47. The molecule has 0 bridgehead atoms.